The zero-order valence-electron chi connectivity index (χ0n) is 16.2. The van der Waals surface area contributed by atoms with Gasteiger partial charge in [-0.05, 0) is 48.2 Å². The van der Waals surface area contributed by atoms with Crippen molar-refractivity contribution in [1.29, 1.82) is 0 Å². The number of rotatable bonds is 8. The molecule has 0 atom stereocenters. The molecule has 3 rings (SSSR count). The van der Waals surface area contributed by atoms with Crippen molar-refractivity contribution in [2.75, 3.05) is 20.5 Å². The molecule has 0 fully saturated rings. The number of hydrogen-bond donors (Lipinski definition) is 1. The summed E-state index contributed by atoms with van der Waals surface area (Å²) in [6.45, 7) is 0. The molecule has 150 valence electrons. The number of nitrogens with zero attached hydrogens (tertiary/aromatic N) is 2. The normalized spacial score (nSPS) is 11.3. The quantitative estimate of drug-likeness (QED) is 0.541. The standard InChI is InChI=1S/C21H20N2O5S/c1-26-17-9-6-14(11-18(17)27-2)20-22-21(28-23-20)15(12-19(24)25)10-13-4-7-16(29-3)8-5-13/h4-11H,12H2,1-3H3,(H,24,25)/b15-10+. The lowest BCUT2D eigenvalue weighted by molar-refractivity contribution is -0.135. The highest BCUT2D eigenvalue weighted by Crippen LogP contribution is 2.32. The van der Waals surface area contributed by atoms with Crippen molar-refractivity contribution in [2.24, 2.45) is 0 Å². The van der Waals surface area contributed by atoms with Gasteiger partial charge in [-0.25, -0.2) is 0 Å². The Bertz CT molecular complexity index is 1030. The summed E-state index contributed by atoms with van der Waals surface area (Å²) in [6.07, 6.45) is 3.50. The van der Waals surface area contributed by atoms with Gasteiger partial charge in [-0.2, -0.15) is 4.98 Å². The van der Waals surface area contributed by atoms with E-state index in [0.29, 0.717) is 28.5 Å². The lowest BCUT2D eigenvalue weighted by Gasteiger charge is -2.07. The molecule has 1 N–H and O–H groups in total. The summed E-state index contributed by atoms with van der Waals surface area (Å²) in [6, 6.07) is 13.0. The van der Waals surface area contributed by atoms with Crippen LogP contribution in [0, 0.1) is 0 Å². The number of thioether (sulfide) groups is 1. The third-order valence-corrected chi connectivity index (χ3v) is 4.88. The molecule has 0 radical (unpaired) electrons. The number of ether oxygens (including phenoxy) is 2. The Morgan fingerprint density at radius 3 is 2.48 bits per heavy atom. The Labute approximate surface area is 172 Å². The number of benzene rings is 2. The summed E-state index contributed by atoms with van der Waals surface area (Å²) in [5, 5.41) is 13.3. The second-order valence-electron chi connectivity index (χ2n) is 6.01. The van der Waals surface area contributed by atoms with E-state index in [-0.39, 0.29) is 12.3 Å². The molecule has 3 aromatic rings. The molecule has 0 unspecified atom stereocenters. The van der Waals surface area contributed by atoms with Crippen molar-refractivity contribution in [3.63, 3.8) is 0 Å². The van der Waals surface area contributed by atoms with Crippen molar-refractivity contribution < 1.29 is 23.9 Å². The maximum Gasteiger partial charge on any atom is 0.308 e. The zero-order valence-corrected chi connectivity index (χ0v) is 17.0. The molecule has 2 aromatic carbocycles. The van der Waals surface area contributed by atoms with Crippen LogP contribution in [0.5, 0.6) is 11.5 Å². The van der Waals surface area contributed by atoms with Crippen LogP contribution in [0.3, 0.4) is 0 Å². The molecule has 1 heterocycles. The molecule has 7 nitrogen and oxygen atoms in total. The van der Waals surface area contributed by atoms with Gasteiger partial charge in [0.15, 0.2) is 11.5 Å². The molecule has 1 aromatic heterocycles. The van der Waals surface area contributed by atoms with Crippen LogP contribution in [-0.2, 0) is 4.79 Å². The van der Waals surface area contributed by atoms with E-state index in [2.05, 4.69) is 10.1 Å². The fourth-order valence-electron chi connectivity index (χ4n) is 2.70. The van der Waals surface area contributed by atoms with Gasteiger partial charge in [0.2, 0.25) is 5.82 Å². The fraction of sp³-hybridized carbons (Fsp3) is 0.190. The van der Waals surface area contributed by atoms with Crippen LogP contribution in [0.25, 0.3) is 23.0 Å². The first-order valence-corrected chi connectivity index (χ1v) is 9.89. The molecular weight excluding hydrogens is 392 g/mol. The Kier molecular flexibility index (Phi) is 6.56. The SMILES string of the molecule is COc1ccc(-c2noc(/C(=C/c3ccc(SC)cc3)CC(=O)O)n2)cc1OC. The van der Waals surface area contributed by atoms with Gasteiger partial charge in [0.05, 0.1) is 20.6 Å². The smallest absolute Gasteiger partial charge is 0.308 e. The largest absolute Gasteiger partial charge is 0.493 e. The van der Waals surface area contributed by atoms with E-state index in [0.717, 1.165) is 10.5 Å². The second kappa shape index (κ2) is 9.29. The highest BCUT2D eigenvalue weighted by molar-refractivity contribution is 7.98. The van der Waals surface area contributed by atoms with Crippen LogP contribution in [-0.4, -0.2) is 41.7 Å². The number of carboxylic acids is 1. The first-order valence-electron chi connectivity index (χ1n) is 8.67. The molecule has 0 saturated heterocycles. The van der Waals surface area contributed by atoms with Gasteiger partial charge in [0.25, 0.3) is 5.89 Å². The van der Waals surface area contributed by atoms with Gasteiger partial charge >= 0.3 is 5.97 Å². The Hall–Kier alpha value is -3.26. The monoisotopic (exact) mass is 412 g/mol. The van der Waals surface area contributed by atoms with E-state index in [4.69, 9.17) is 14.0 Å². The molecular formula is C21H20N2O5S. The lowest BCUT2D eigenvalue weighted by Crippen LogP contribution is -1.97. The van der Waals surface area contributed by atoms with Gasteiger partial charge < -0.3 is 19.1 Å². The molecule has 0 aliphatic carbocycles. The summed E-state index contributed by atoms with van der Waals surface area (Å²) >= 11 is 1.64. The summed E-state index contributed by atoms with van der Waals surface area (Å²) in [5.41, 5.74) is 1.94. The van der Waals surface area contributed by atoms with Gasteiger partial charge in [-0.1, -0.05) is 17.3 Å². The average Bonchev–Trinajstić information content (AvgIpc) is 3.23. The molecule has 29 heavy (non-hydrogen) atoms. The van der Waals surface area contributed by atoms with Gasteiger partial charge in [0.1, 0.15) is 0 Å². The first kappa shape index (κ1) is 20.5. The van der Waals surface area contributed by atoms with E-state index in [9.17, 15) is 9.90 Å². The molecule has 0 spiro atoms. The molecule has 0 bridgehead atoms. The molecule has 0 aliphatic heterocycles. The van der Waals surface area contributed by atoms with Crippen molar-refractivity contribution in [2.45, 2.75) is 11.3 Å². The number of aromatic nitrogens is 2. The van der Waals surface area contributed by atoms with Crippen LogP contribution in [0.4, 0.5) is 0 Å². The van der Waals surface area contributed by atoms with Crippen molar-refractivity contribution in [1.82, 2.24) is 10.1 Å². The Morgan fingerprint density at radius 1 is 1.14 bits per heavy atom. The average molecular weight is 412 g/mol. The molecule has 8 heteroatoms. The number of hydrogen-bond acceptors (Lipinski definition) is 7. The van der Waals surface area contributed by atoms with Crippen LogP contribution in [0.2, 0.25) is 0 Å². The summed E-state index contributed by atoms with van der Waals surface area (Å²) in [5.74, 6) is 0.621. The maximum absolute atomic E-state index is 11.3. The van der Waals surface area contributed by atoms with E-state index >= 15 is 0 Å². The highest BCUT2D eigenvalue weighted by atomic mass is 32.2. The van der Waals surface area contributed by atoms with Gasteiger partial charge in [0, 0.05) is 16.0 Å². The number of methoxy groups -OCH3 is 2. The third-order valence-electron chi connectivity index (χ3n) is 4.14. The first-order chi connectivity index (χ1) is 14.0. The number of carboxylic acid groups (broad SMARTS) is 1. The van der Waals surface area contributed by atoms with E-state index < -0.39 is 5.97 Å². The van der Waals surface area contributed by atoms with Crippen molar-refractivity contribution in [3.05, 3.63) is 53.9 Å². The fourth-order valence-corrected chi connectivity index (χ4v) is 3.11. The van der Waals surface area contributed by atoms with Crippen LogP contribution >= 0.6 is 11.8 Å². The minimum atomic E-state index is -0.983. The van der Waals surface area contributed by atoms with Gasteiger partial charge in [-0.3, -0.25) is 4.79 Å². The van der Waals surface area contributed by atoms with Crippen molar-refractivity contribution in [3.8, 4) is 22.9 Å². The summed E-state index contributed by atoms with van der Waals surface area (Å²) < 4.78 is 15.9. The number of carbonyl (C=O) groups is 1. The predicted molar refractivity (Wildman–Crippen MR) is 111 cm³/mol. The van der Waals surface area contributed by atoms with Crippen molar-refractivity contribution >= 4 is 29.4 Å². The zero-order chi connectivity index (χ0) is 20.8. The maximum atomic E-state index is 11.3. The summed E-state index contributed by atoms with van der Waals surface area (Å²) in [7, 11) is 3.10. The highest BCUT2D eigenvalue weighted by Gasteiger charge is 2.17. The van der Waals surface area contributed by atoms with Gasteiger partial charge in [-0.15, -0.1) is 11.8 Å². The molecule has 0 aliphatic rings. The third kappa shape index (κ3) is 4.97. The summed E-state index contributed by atoms with van der Waals surface area (Å²) in [4.78, 5) is 16.8. The topological polar surface area (TPSA) is 94.7 Å². The van der Waals surface area contributed by atoms with Crippen LogP contribution in [0.15, 0.2) is 51.9 Å². The van der Waals surface area contributed by atoms with E-state index in [1.165, 1.54) is 0 Å². The van der Waals surface area contributed by atoms with E-state index in [1.807, 2.05) is 30.5 Å². The Morgan fingerprint density at radius 2 is 1.86 bits per heavy atom. The minimum absolute atomic E-state index is 0.158. The lowest BCUT2D eigenvalue weighted by atomic mass is 10.1. The number of aliphatic carboxylic acids is 1. The minimum Gasteiger partial charge on any atom is -0.493 e. The van der Waals surface area contributed by atoms with Crippen LogP contribution in [0.1, 0.15) is 17.9 Å². The molecule has 0 saturated carbocycles. The second-order valence-corrected chi connectivity index (χ2v) is 6.89. The Balaban J connectivity index is 1.95. The molecule has 0 amide bonds. The van der Waals surface area contributed by atoms with Crippen LogP contribution < -0.4 is 9.47 Å². The predicted octanol–water partition coefficient (Wildman–Crippen LogP) is 4.49. The van der Waals surface area contributed by atoms with E-state index in [1.54, 1.807) is 50.3 Å².